The van der Waals surface area contributed by atoms with Crippen molar-refractivity contribution in [3.05, 3.63) is 120 Å². The third-order valence-electron chi connectivity index (χ3n) is 5.98. The lowest BCUT2D eigenvalue weighted by molar-refractivity contribution is 0.769. The Morgan fingerprint density at radius 1 is 0.786 bits per heavy atom. The van der Waals surface area contributed by atoms with Crippen LogP contribution < -0.4 is 0 Å². The van der Waals surface area contributed by atoms with Crippen LogP contribution in [0.1, 0.15) is 31.9 Å². The molecule has 1 unspecified atom stereocenters. The first-order valence-corrected chi connectivity index (χ1v) is 9.94. The molecule has 4 rings (SSSR count). The molecule has 1 atom stereocenters. The van der Waals surface area contributed by atoms with Crippen molar-refractivity contribution >= 4 is 10.8 Å². The van der Waals surface area contributed by atoms with Crippen molar-refractivity contribution < 1.29 is 0 Å². The van der Waals surface area contributed by atoms with Gasteiger partial charge >= 0.3 is 0 Å². The Balaban J connectivity index is 2.30. The highest BCUT2D eigenvalue weighted by molar-refractivity contribution is 6.00. The fourth-order valence-corrected chi connectivity index (χ4v) is 4.95. The first-order chi connectivity index (χ1) is 13.7. The van der Waals surface area contributed by atoms with Gasteiger partial charge in [-0.3, -0.25) is 0 Å². The van der Waals surface area contributed by atoms with E-state index in [9.17, 15) is 0 Å². The van der Waals surface area contributed by atoms with E-state index in [4.69, 9.17) is 0 Å². The van der Waals surface area contributed by atoms with Gasteiger partial charge in [0.25, 0.3) is 0 Å². The number of benzene rings is 3. The van der Waals surface area contributed by atoms with E-state index in [1.165, 1.54) is 44.2 Å². The van der Waals surface area contributed by atoms with E-state index in [0.717, 1.165) is 0 Å². The highest BCUT2D eigenvalue weighted by Crippen LogP contribution is 2.58. The van der Waals surface area contributed by atoms with Gasteiger partial charge in [-0.15, -0.1) is 0 Å². The number of hydrogen-bond donors (Lipinski definition) is 0. The summed E-state index contributed by atoms with van der Waals surface area (Å²) in [6.45, 7) is 10.5. The van der Waals surface area contributed by atoms with Gasteiger partial charge in [-0.05, 0) is 64.9 Å². The first kappa shape index (κ1) is 18.3. The lowest BCUT2D eigenvalue weighted by Crippen LogP contribution is -2.29. The summed E-state index contributed by atoms with van der Waals surface area (Å²) in [6, 6.07) is 22.1. The van der Waals surface area contributed by atoms with Gasteiger partial charge in [0.15, 0.2) is 0 Å². The molecule has 0 radical (unpaired) electrons. The summed E-state index contributed by atoms with van der Waals surface area (Å²) in [5.74, 6) is 0. The second-order valence-electron chi connectivity index (χ2n) is 7.20. The Hall–Kier alpha value is -3.12. The van der Waals surface area contributed by atoms with Crippen LogP contribution in [0.4, 0.5) is 0 Å². The van der Waals surface area contributed by atoms with Gasteiger partial charge in [-0.2, -0.15) is 0 Å². The lowest BCUT2D eigenvalue weighted by Gasteiger charge is -2.36. The third kappa shape index (κ3) is 2.31. The minimum absolute atomic E-state index is 0.357. The summed E-state index contributed by atoms with van der Waals surface area (Å²) < 4.78 is 0. The lowest BCUT2D eigenvalue weighted by atomic mass is 9.65. The Labute approximate surface area is 168 Å². The Morgan fingerprint density at radius 2 is 1.50 bits per heavy atom. The molecule has 0 amide bonds. The first-order valence-electron chi connectivity index (χ1n) is 9.94. The summed E-state index contributed by atoms with van der Waals surface area (Å²) in [4.78, 5) is 0. The smallest absolute Gasteiger partial charge is 0.0712 e. The minimum atomic E-state index is -0.357. The van der Waals surface area contributed by atoms with Crippen LogP contribution in [0, 0.1) is 0 Å². The van der Waals surface area contributed by atoms with E-state index >= 15 is 0 Å². The van der Waals surface area contributed by atoms with Gasteiger partial charge in [0.1, 0.15) is 0 Å². The van der Waals surface area contributed by atoms with Crippen LogP contribution in [-0.4, -0.2) is 0 Å². The van der Waals surface area contributed by atoms with Crippen LogP contribution >= 0.6 is 0 Å². The number of allylic oxidation sites excluding steroid dienone is 7. The van der Waals surface area contributed by atoms with Crippen LogP contribution in [0.2, 0.25) is 0 Å². The van der Waals surface area contributed by atoms with Crippen molar-refractivity contribution in [3.63, 3.8) is 0 Å². The van der Waals surface area contributed by atoms with Crippen LogP contribution in [0.5, 0.6) is 0 Å². The standard InChI is InChI=1S/C28H26/c1-5-13-22(8-4)28(21(6-2)7-3)26-17-12-11-16-24(26)25-19-18-20-14-9-10-15-23(20)27(25)28/h5-19H,2H2,1,3-4H3/b13-5-,21-7+,22-8+. The SMILES string of the molecule is C=C/C(=C\C)C1(C(/C=C\C)=C/C)c2ccccc2-c2ccc3ccccc3c21. The van der Waals surface area contributed by atoms with Gasteiger partial charge in [0, 0.05) is 0 Å². The molecule has 1 aliphatic carbocycles. The van der Waals surface area contributed by atoms with E-state index in [2.05, 4.69) is 112 Å². The average molecular weight is 363 g/mol. The molecule has 0 heteroatoms. The molecule has 0 saturated carbocycles. The molecule has 0 aromatic heterocycles. The van der Waals surface area contributed by atoms with Gasteiger partial charge in [-0.25, -0.2) is 0 Å². The summed E-state index contributed by atoms with van der Waals surface area (Å²) in [5, 5.41) is 2.58. The van der Waals surface area contributed by atoms with Crippen LogP contribution in [-0.2, 0) is 5.41 Å². The predicted octanol–water partition coefficient (Wildman–Crippen LogP) is 7.76. The number of hydrogen-bond acceptors (Lipinski definition) is 0. The maximum Gasteiger partial charge on any atom is 0.0712 e. The largest absolute Gasteiger partial charge is 0.0987 e. The zero-order chi connectivity index (χ0) is 19.7. The molecule has 0 heterocycles. The van der Waals surface area contributed by atoms with Crippen LogP contribution in [0.3, 0.4) is 0 Å². The van der Waals surface area contributed by atoms with Crippen LogP contribution in [0.25, 0.3) is 21.9 Å². The van der Waals surface area contributed by atoms with Crippen molar-refractivity contribution in [2.24, 2.45) is 0 Å². The molecule has 3 aromatic carbocycles. The van der Waals surface area contributed by atoms with E-state index in [-0.39, 0.29) is 5.41 Å². The normalized spacial score (nSPS) is 19.1. The molecular formula is C28H26. The molecular weight excluding hydrogens is 336 g/mol. The fourth-order valence-electron chi connectivity index (χ4n) is 4.95. The maximum atomic E-state index is 4.20. The molecule has 0 spiro atoms. The molecule has 0 fully saturated rings. The van der Waals surface area contributed by atoms with Crippen LogP contribution in [0.15, 0.2) is 109 Å². The summed E-state index contributed by atoms with van der Waals surface area (Å²) in [5.41, 5.74) is 7.48. The molecule has 0 nitrogen and oxygen atoms in total. The fraction of sp³-hybridized carbons (Fsp3) is 0.143. The molecule has 3 aromatic rings. The Bertz CT molecular complexity index is 1150. The molecule has 0 bridgehead atoms. The van der Waals surface area contributed by atoms with E-state index < -0.39 is 0 Å². The van der Waals surface area contributed by atoms with Crippen molar-refractivity contribution in [2.75, 3.05) is 0 Å². The average Bonchev–Trinajstić information content (AvgIpc) is 3.05. The van der Waals surface area contributed by atoms with Crippen molar-refractivity contribution in [1.29, 1.82) is 0 Å². The van der Waals surface area contributed by atoms with E-state index in [1.54, 1.807) is 0 Å². The monoisotopic (exact) mass is 362 g/mol. The van der Waals surface area contributed by atoms with E-state index in [1.807, 2.05) is 6.08 Å². The quantitative estimate of drug-likeness (QED) is 0.416. The zero-order valence-corrected chi connectivity index (χ0v) is 16.9. The van der Waals surface area contributed by atoms with Crippen molar-refractivity contribution in [2.45, 2.75) is 26.2 Å². The molecule has 0 saturated heterocycles. The second kappa shape index (κ2) is 7.13. The zero-order valence-electron chi connectivity index (χ0n) is 16.9. The van der Waals surface area contributed by atoms with E-state index in [0.29, 0.717) is 0 Å². The molecule has 1 aliphatic rings. The molecule has 138 valence electrons. The number of rotatable bonds is 4. The third-order valence-corrected chi connectivity index (χ3v) is 5.98. The minimum Gasteiger partial charge on any atom is -0.0987 e. The van der Waals surface area contributed by atoms with Gasteiger partial charge in [0.05, 0.1) is 5.41 Å². The van der Waals surface area contributed by atoms with Gasteiger partial charge < -0.3 is 0 Å². The molecule has 0 aliphatic heterocycles. The van der Waals surface area contributed by atoms with Gasteiger partial charge in [-0.1, -0.05) is 97.6 Å². The highest BCUT2D eigenvalue weighted by atomic mass is 14.5. The summed E-state index contributed by atoms with van der Waals surface area (Å²) in [7, 11) is 0. The topological polar surface area (TPSA) is 0 Å². The number of fused-ring (bicyclic) bond motifs is 5. The summed E-state index contributed by atoms with van der Waals surface area (Å²) in [6.07, 6.45) is 10.9. The van der Waals surface area contributed by atoms with Gasteiger partial charge in [0.2, 0.25) is 0 Å². The van der Waals surface area contributed by atoms with Crippen molar-refractivity contribution in [1.82, 2.24) is 0 Å². The Kier molecular flexibility index (Phi) is 4.65. The second-order valence-corrected chi connectivity index (χ2v) is 7.20. The molecule has 0 N–H and O–H groups in total. The molecule has 28 heavy (non-hydrogen) atoms. The maximum absolute atomic E-state index is 4.20. The Morgan fingerprint density at radius 3 is 2.21 bits per heavy atom. The predicted molar refractivity (Wildman–Crippen MR) is 123 cm³/mol. The van der Waals surface area contributed by atoms with Crippen molar-refractivity contribution in [3.8, 4) is 11.1 Å². The summed E-state index contributed by atoms with van der Waals surface area (Å²) >= 11 is 0. The highest BCUT2D eigenvalue weighted by Gasteiger charge is 2.47.